The predicted octanol–water partition coefficient (Wildman–Crippen LogP) is 0.988. The molecule has 0 bridgehead atoms. The van der Waals surface area contributed by atoms with E-state index in [2.05, 4.69) is 4.99 Å². The Morgan fingerprint density at radius 2 is 2.25 bits per heavy atom. The van der Waals surface area contributed by atoms with Gasteiger partial charge in [0.2, 0.25) is 0 Å². The van der Waals surface area contributed by atoms with Crippen LogP contribution in [0.5, 0.6) is 0 Å². The van der Waals surface area contributed by atoms with E-state index in [0.29, 0.717) is 0 Å². The van der Waals surface area contributed by atoms with Gasteiger partial charge in [-0.15, -0.1) is 0 Å². The zero-order valence-electron chi connectivity index (χ0n) is 4.78. The van der Waals surface area contributed by atoms with E-state index in [4.69, 9.17) is 0 Å². The van der Waals surface area contributed by atoms with Crippen LogP contribution < -0.4 is 0 Å². The van der Waals surface area contributed by atoms with E-state index in [1.54, 1.807) is 12.4 Å². The first-order valence-corrected chi connectivity index (χ1v) is 2.48. The van der Waals surface area contributed by atoms with E-state index < -0.39 is 0 Å². The van der Waals surface area contributed by atoms with Crippen molar-refractivity contribution in [2.75, 3.05) is 7.05 Å². The van der Waals surface area contributed by atoms with Gasteiger partial charge in [0, 0.05) is 31.9 Å². The Labute approximate surface area is 48.8 Å². The van der Waals surface area contributed by atoms with Gasteiger partial charge in [-0.1, -0.05) is 0 Å². The van der Waals surface area contributed by atoms with Crippen LogP contribution in [0.1, 0.15) is 0 Å². The summed E-state index contributed by atoms with van der Waals surface area (Å²) in [6.45, 7) is 0. The van der Waals surface area contributed by atoms with E-state index in [1.807, 2.05) is 30.4 Å². The molecule has 0 fully saturated rings. The number of nitrogens with zero attached hydrogens (tertiary/aromatic N) is 2. The van der Waals surface area contributed by atoms with Gasteiger partial charge in [-0.25, -0.2) is 0 Å². The quantitative estimate of drug-likeness (QED) is 0.451. The molecule has 1 aliphatic rings. The van der Waals surface area contributed by atoms with Gasteiger partial charge in [0.25, 0.3) is 0 Å². The standard InChI is InChI=1S/C6H8N2/c1-8-5-2-3-7-4-6-8/h2-6H,1H3. The van der Waals surface area contributed by atoms with Crippen molar-refractivity contribution in [3.8, 4) is 0 Å². The zero-order chi connectivity index (χ0) is 5.82. The smallest absolute Gasteiger partial charge is 0.0429 e. The van der Waals surface area contributed by atoms with Crippen molar-refractivity contribution < 1.29 is 0 Å². The van der Waals surface area contributed by atoms with Crippen LogP contribution >= 0.6 is 0 Å². The molecular formula is C6H8N2. The van der Waals surface area contributed by atoms with Crippen LogP contribution in [-0.2, 0) is 0 Å². The summed E-state index contributed by atoms with van der Waals surface area (Å²) in [5.74, 6) is 0. The van der Waals surface area contributed by atoms with Gasteiger partial charge in [-0.3, -0.25) is 4.99 Å². The highest BCUT2D eigenvalue weighted by Gasteiger charge is 1.80. The summed E-state index contributed by atoms with van der Waals surface area (Å²) in [5, 5.41) is 0. The summed E-state index contributed by atoms with van der Waals surface area (Å²) < 4.78 is 0. The van der Waals surface area contributed by atoms with Crippen LogP contribution in [0, 0.1) is 0 Å². The Kier molecular flexibility index (Phi) is 1.47. The molecule has 0 radical (unpaired) electrons. The minimum absolute atomic E-state index is 1.75. The van der Waals surface area contributed by atoms with Crippen molar-refractivity contribution >= 4 is 6.21 Å². The minimum atomic E-state index is 1.75. The van der Waals surface area contributed by atoms with Gasteiger partial charge in [0.1, 0.15) is 0 Å². The molecule has 0 saturated carbocycles. The molecule has 2 nitrogen and oxygen atoms in total. The van der Waals surface area contributed by atoms with Crippen LogP contribution in [-0.4, -0.2) is 18.2 Å². The molecule has 0 spiro atoms. The summed E-state index contributed by atoms with van der Waals surface area (Å²) in [6.07, 6.45) is 9.22. The first-order chi connectivity index (χ1) is 3.89. The summed E-state index contributed by atoms with van der Waals surface area (Å²) in [5.41, 5.74) is 0. The Hall–Kier alpha value is -1.05. The van der Waals surface area contributed by atoms with Crippen molar-refractivity contribution in [1.82, 2.24) is 4.90 Å². The molecule has 0 aromatic heterocycles. The Morgan fingerprint density at radius 1 is 1.38 bits per heavy atom. The third kappa shape index (κ3) is 1.22. The Morgan fingerprint density at radius 3 is 3.12 bits per heavy atom. The molecule has 0 N–H and O–H groups in total. The second-order valence-electron chi connectivity index (χ2n) is 1.60. The summed E-state index contributed by atoms with van der Waals surface area (Å²) in [6, 6.07) is 0. The molecule has 0 atom stereocenters. The lowest BCUT2D eigenvalue weighted by Crippen LogP contribution is -1.97. The molecule has 42 valence electrons. The largest absolute Gasteiger partial charge is 0.356 e. The predicted molar refractivity (Wildman–Crippen MR) is 34.5 cm³/mol. The van der Waals surface area contributed by atoms with Gasteiger partial charge < -0.3 is 4.90 Å². The third-order valence-electron chi connectivity index (χ3n) is 0.881. The zero-order valence-corrected chi connectivity index (χ0v) is 4.78. The first kappa shape index (κ1) is 5.09. The summed E-state index contributed by atoms with van der Waals surface area (Å²) in [7, 11) is 1.96. The lowest BCUT2D eigenvalue weighted by Gasteiger charge is -2.01. The first-order valence-electron chi connectivity index (χ1n) is 2.48. The van der Waals surface area contributed by atoms with Crippen LogP contribution in [0.25, 0.3) is 0 Å². The minimum Gasteiger partial charge on any atom is -0.356 e. The Balaban J connectivity index is 2.66. The molecule has 1 rings (SSSR count). The van der Waals surface area contributed by atoms with Gasteiger partial charge >= 0.3 is 0 Å². The number of aliphatic imine (C=N–C) groups is 1. The lowest BCUT2D eigenvalue weighted by atomic mass is 10.6. The van der Waals surface area contributed by atoms with Gasteiger partial charge in [-0.2, -0.15) is 0 Å². The molecule has 0 amide bonds. The fourth-order valence-corrected chi connectivity index (χ4v) is 0.467. The van der Waals surface area contributed by atoms with Crippen molar-refractivity contribution in [2.24, 2.45) is 4.99 Å². The Bertz CT molecular complexity index is 129. The lowest BCUT2D eigenvalue weighted by molar-refractivity contribution is 0.626. The van der Waals surface area contributed by atoms with Crippen LogP contribution in [0.3, 0.4) is 0 Å². The van der Waals surface area contributed by atoms with Gasteiger partial charge in [0.05, 0.1) is 0 Å². The van der Waals surface area contributed by atoms with E-state index in [0.717, 1.165) is 0 Å². The average molecular weight is 108 g/mol. The molecule has 0 saturated heterocycles. The summed E-state index contributed by atoms with van der Waals surface area (Å²) in [4.78, 5) is 5.82. The van der Waals surface area contributed by atoms with Crippen LogP contribution in [0.2, 0.25) is 0 Å². The monoisotopic (exact) mass is 108 g/mol. The van der Waals surface area contributed by atoms with Crippen molar-refractivity contribution in [3.05, 3.63) is 24.7 Å². The second-order valence-corrected chi connectivity index (χ2v) is 1.60. The number of hydrogen-bond acceptors (Lipinski definition) is 2. The normalized spacial score (nSPS) is 16.9. The van der Waals surface area contributed by atoms with Crippen molar-refractivity contribution in [3.63, 3.8) is 0 Å². The second kappa shape index (κ2) is 2.31. The molecule has 2 heteroatoms. The fourth-order valence-electron chi connectivity index (χ4n) is 0.467. The maximum atomic E-state index is 3.89. The molecule has 1 aliphatic heterocycles. The van der Waals surface area contributed by atoms with Crippen molar-refractivity contribution in [1.29, 1.82) is 0 Å². The SMILES string of the molecule is CN1C=CC=NC=C1. The number of hydrogen-bond donors (Lipinski definition) is 0. The molecular weight excluding hydrogens is 100 g/mol. The molecule has 1 heterocycles. The molecule has 0 unspecified atom stereocenters. The van der Waals surface area contributed by atoms with Gasteiger partial charge in [0.15, 0.2) is 0 Å². The van der Waals surface area contributed by atoms with Crippen LogP contribution in [0.4, 0.5) is 0 Å². The average Bonchev–Trinajstić information content (AvgIpc) is 1.94. The topological polar surface area (TPSA) is 15.6 Å². The van der Waals surface area contributed by atoms with Crippen molar-refractivity contribution in [2.45, 2.75) is 0 Å². The van der Waals surface area contributed by atoms with E-state index in [-0.39, 0.29) is 0 Å². The third-order valence-corrected chi connectivity index (χ3v) is 0.881. The molecule has 0 aromatic rings. The maximum absolute atomic E-state index is 3.89. The van der Waals surface area contributed by atoms with Crippen LogP contribution in [0.15, 0.2) is 29.7 Å². The number of allylic oxidation sites excluding steroid dienone is 1. The highest BCUT2D eigenvalue weighted by atomic mass is 15.1. The van der Waals surface area contributed by atoms with E-state index in [1.165, 1.54) is 0 Å². The van der Waals surface area contributed by atoms with Gasteiger partial charge in [-0.05, 0) is 6.08 Å². The molecule has 0 aromatic carbocycles. The van der Waals surface area contributed by atoms with E-state index in [9.17, 15) is 0 Å². The fraction of sp³-hybridized carbons (Fsp3) is 0.167. The molecule has 0 aliphatic carbocycles. The highest BCUT2D eigenvalue weighted by molar-refractivity contribution is 5.71. The highest BCUT2D eigenvalue weighted by Crippen LogP contribution is 1.89. The molecule has 8 heavy (non-hydrogen) atoms. The van der Waals surface area contributed by atoms with E-state index >= 15 is 0 Å². The summed E-state index contributed by atoms with van der Waals surface area (Å²) >= 11 is 0. The number of rotatable bonds is 0. The maximum Gasteiger partial charge on any atom is 0.0429 e.